The molecule has 0 amide bonds. The van der Waals surface area contributed by atoms with E-state index in [-0.39, 0.29) is 10.8 Å². The van der Waals surface area contributed by atoms with Gasteiger partial charge < -0.3 is 4.74 Å². The molecule has 0 aliphatic heterocycles. The number of hydrogen-bond donors (Lipinski definition) is 1. The Balaban J connectivity index is 2.34. The van der Waals surface area contributed by atoms with E-state index >= 15 is 0 Å². The second kappa shape index (κ2) is 6.37. The van der Waals surface area contributed by atoms with Crippen LogP contribution in [0.4, 0.5) is 5.69 Å². The summed E-state index contributed by atoms with van der Waals surface area (Å²) in [7, 11) is -2.09. The van der Waals surface area contributed by atoms with Crippen LogP contribution in [-0.4, -0.2) is 15.5 Å². The van der Waals surface area contributed by atoms with E-state index in [2.05, 4.69) is 4.72 Å². The Hall–Kier alpha value is -1.72. The van der Waals surface area contributed by atoms with Crippen molar-refractivity contribution in [3.8, 4) is 5.75 Å². The molecule has 0 bridgehead atoms. The second-order valence-corrected chi connectivity index (χ2v) is 6.52. The molecule has 112 valence electrons. The van der Waals surface area contributed by atoms with Crippen LogP contribution in [0.5, 0.6) is 5.75 Å². The van der Waals surface area contributed by atoms with Gasteiger partial charge in [0, 0.05) is 5.88 Å². The Morgan fingerprint density at radius 3 is 2.38 bits per heavy atom. The molecule has 6 heteroatoms. The smallest absolute Gasteiger partial charge is 0.261 e. The predicted molar refractivity (Wildman–Crippen MR) is 84.5 cm³/mol. The number of aryl methyl sites for hydroxylation is 1. The van der Waals surface area contributed by atoms with Gasteiger partial charge in [-0.05, 0) is 42.8 Å². The largest absolute Gasteiger partial charge is 0.497 e. The lowest BCUT2D eigenvalue weighted by atomic mass is 10.2. The molecule has 0 heterocycles. The number of sulfonamides is 1. The van der Waals surface area contributed by atoms with E-state index in [1.54, 1.807) is 49.6 Å². The van der Waals surface area contributed by atoms with Crippen molar-refractivity contribution in [1.29, 1.82) is 0 Å². The number of benzene rings is 2. The lowest BCUT2D eigenvalue weighted by molar-refractivity contribution is 0.414. The summed E-state index contributed by atoms with van der Waals surface area (Å²) in [4.78, 5) is 0.212. The fourth-order valence-corrected chi connectivity index (χ4v) is 3.15. The maximum absolute atomic E-state index is 12.4. The van der Waals surface area contributed by atoms with Crippen molar-refractivity contribution in [3.63, 3.8) is 0 Å². The van der Waals surface area contributed by atoms with E-state index in [1.165, 1.54) is 0 Å². The van der Waals surface area contributed by atoms with E-state index in [4.69, 9.17) is 16.3 Å². The van der Waals surface area contributed by atoms with Crippen LogP contribution in [0.2, 0.25) is 0 Å². The summed E-state index contributed by atoms with van der Waals surface area (Å²) in [5, 5.41) is 0. The standard InChI is InChI=1S/C15H16ClNO3S/c1-11-3-6-14(7-4-11)21(18,19)17-15-8-5-13(20-2)9-12(15)10-16/h3-9,17H,10H2,1-2H3. The Kier molecular flexibility index (Phi) is 4.75. The molecule has 1 N–H and O–H groups in total. The molecule has 0 aliphatic rings. The summed E-state index contributed by atoms with van der Waals surface area (Å²) >= 11 is 5.87. The molecule has 0 unspecified atom stereocenters. The zero-order valence-corrected chi connectivity index (χ0v) is 13.3. The van der Waals surface area contributed by atoms with Crippen molar-refractivity contribution in [3.05, 3.63) is 53.6 Å². The van der Waals surface area contributed by atoms with E-state index in [9.17, 15) is 8.42 Å². The summed E-state index contributed by atoms with van der Waals surface area (Å²) in [5.74, 6) is 0.812. The van der Waals surface area contributed by atoms with Crippen LogP contribution in [0.15, 0.2) is 47.4 Å². The summed E-state index contributed by atoms with van der Waals surface area (Å²) in [6, 6.07) is 11.7. The van der Waals surface area contributed by atoms with Crippen molar-refractivity contribution in [2.45, 2.75) is 17.7 Å². The van der Waals surface area contributed by atoms with Crippen molar-refractivity contribution < 1.29 is 13.2 Å². The minimum atomic E-state index is -3.63. The number of anilines is 1. The summed E-state index contributed by atoms with van der Waals surface area (Å²) in [6.45, 7) is 1.90. The Morgan fingerprint density at radius 1 is 1.14 bits per heavy atom. The van der Waals surface area contributed by atoms with Gasteiger partial charge in [0.25, 0.3) is 10.0 Å². The zero-order chi connectivity index (χ0) is 15.5. The number of nitrogens with one attached hydrogen (secondary N) is 1. The summed E-state index contributed by atoms with van der Waals surface area (Å²) in [6.07, 6.45) is 0. The molecule has 0 aromatic heterocycles. The van der Waals surface area contributed by atoms with Crippen LogP contribution < -0.4 is 9.46 Å². The lowest BCUT2D eigenvalue weighted by Gasteiger charge is -2.12. The Morgan fingerprint density at radius 2 is 1.81 bits per heavy atom. The van der Waals surface area contributed by atoms with E-state index in [0.717, 1.165) is 5.56 Å². The van der Waals surface area contributed by atoms with E-state index in [1.807, 2.05) is 6.92 Å². The molecule has 21 heavy (non-hydrogen) atoms. The zero-order valence-electron chi connectivity index (χ0n) is 11.8. The quantitative estimate of drug-likeness (QED) is 0.855. The van der Waals surface area contributed by atoms with Crippen LogP contribution in [0.25, 0.3) is 0 Å². The third-order valence-electron chi connectivity index (χ3n) is 3.03. The normalized spacial score (nSPS) is 11.2. The van der Waals surface area contributed by atoms with Gasteiger partial charge in [0.15, 0.2) is 0 Å². The number of hydrogen-bond acceptors (Lipinski definition) is 3. The molecule has 0 atom stereocenters. The average molecular weight is 326 g/mol. The van der Waals surface area contributed by atoms with E-state index in [0.29, 0.717) is 17.0 Å². The van der Waals surface area contributed by atoms with Gasteiger partial charge in [0.1, 0.15) is 5.75 Å². The number of ether oxygens (including phenoxy) is 1. The van der Waals surface area contributed by atoms with Crippen LogP contribution in [0.1, 0.15) is 11.1 Å². The number of alkyl halides is 1. The van der Waals surface area contributed by atoms with Crippen LogP contribution in [0, 0.1) is 6.92 Å². The fourth-order valence-electron chi connectivity index (χ4n) is 1.83. The molecule has 0 radical (unpaired) electrons. The first-order chi connectivity index (χ1) is 9.96. The molecule has 0 saturated heterocycles. The highest BCUT2D eigenvalue weighted by atomic mass is 35.5. The van der Waals surface area contributed by atoms with Crippen LogP contribution in [-0.2, 0) is 15.9 Å². The molecule has 2 aromatic rings. The molecular formula is C15H16ClNO3S. The van der Waals surface area contributed by atoms with Crippen molar-refractivity contribution in [1.82, 2.24) is 0 Å². The molecule has 4 nitrogen and oxygen atoms in total. The number of rotatable bonds is 5. The van der Waals surface area contributed by atoms with Crippen molar-refractivity contribution >= 4 is 27.3 Å². The Labute approximate surface area is 129 Å². The highest BCUT2D eigenvalue weighted by Gasteiger charge is 2.16. The molecule has 2 aromatic carbocycles. The molecule has 0 fully saturated rings. The first-order valence-electron chi connectivity index (χ1n) is 6.28. The van der Waals surface area contributed by atoms with Gasteiger partial charge >= 0.3 is 0 Å². The van der Waals surface area contributed by atoms with Crippen LogP contribution >= 0.6 is 11.6 Å². The van der Waals surface area contributed by atoms with E-state index < -0.39 is 10.0 Å². The SMILES string of the molecule is COc1ccc(NS(=O)(=O)c2ccc(C)cc2)c(CCl)c1. The van der Waals surface area contributed by atoms with Gasteiger partial charge in [0.2, 0.25) is 0 Å². The average Bonchev–Trinajstić information content (AvgIpc) is 2.47. The van der Waals surface area contributed by atoms with Gasteiger partial charge in [-0.1, -0.05) is 17.7 Å². The van der Waals surface area contributed by atoms with Crippen molar-refractivity contribution in [2.75, 3.05) is 11.8 Å². The highest BCUT2D eigenvalue weighted by molar-refractivity contribution is 7.92. The topological polar surface area (TPSA) is 55.4 Å². The molecule has 0 spiro atoms. The molecule has 0 saturated carbocycles. The monoisotopic (exact) mass is 325 g/mol. The lowest BCUT2D eigenvalue weighted by Crippen LogP contribution is -2.14. The maximum atomic E-state index is 12.4. The maximum Gasteiger partial charge on any atom is 0.261 e. The molecular weight excluding hydrogens is 310 g/mol. The number of halogens is 1. The first-order valence-corrected chi connectivity index (χ1v) is 8.30. The number of methoxy groups -OCH3 is 1. The molecule has 0 aliphatic carbocycles. The highest BCUT2D eigenvalue weighted by Crippen LogP contribution is 2.26. The minimum Gasteiger partial charge on any atom is -0.497 e. The third kappa shape index (κ3) is 3.68. The summed E-state index contributed by atoms with van der Waals surface area (Å²) in [5.41, 5.74) is 2.11. The van der Waals surface area contributed by atoms with Crippen molar-refractivity contribution in [2.24, 2.45) is 0 Å². The Bertz CT molecular complexity index is 727. The third-order valence-corrected chi connectivity index (χ3v) is 4.70. The molecule has 2 rings (SSSR count). The predicted octanol–water partition coefficient (Wildman–Crippen LogP) is 3.54. The van der Waals surface area contributed by atoms with Gasteiger partial charge in [-0.15, -0.1) is 11.6 Å². The second-order valence-electron chi connectivity index (χ2n) is 4.58. The van der Waals surface area contributed by atoms with Crippen LogP contribution in [0.3, 0.4) is 0 Å². The van der Waals surface area contributed by atoms with Gasteiger partial charge in [-0.3, -0.25) is 4.72 Å². The van der Waals surface area contributed by atoms with Gasteiger partial charge in [0.05, 0.1) is 17.7 Å². The minimum absolute atomic E-state index is 0.183. The van der Waals surface area contributed by atoms with Gasteiger partial charge in [-0.25, -0.2) is 8.42 Å². The first kappa shape index (κ1) is 15.7. The van der Waals surface area contributed by atoms with Gasteiger partial charge in [-0.2, -0.15) is 0 Å². The fraction of sp³-hybridized carbons (Fsp3) is 0.200. The summed E-state index contributed by atoms with van der Waals surface area (Å²) < 4.78 is 32.4.